The molecule has 0 bridgehead atoms. The second-order valence-corrected chi connectivity index (χ2v) is 5.51. The zero-order valence-corrected chi connectivity index (χ0v) is 10.9. The van der Waals surface area contributed by atoms with Crippen molar-refractivity contribution >= 4 is 5.82 Å². The summed E-state index contributed by atoms with van der Waals surface area (Å²) in [6, 6.07) is 4.75. The van der Waals surface area contributed by atoms with E-state index in [0.29, 0.717) is 12.0 Å². The number of hydrogen-bond acceptors (Lipinski definition) is 4. The van der Waals surface area contributed by atoms with Crippen LogP contribution in [-0.4, -0.2) is 29.3 Å². The van der Waals surface area contributed by atoms with E-state index in [1.54, 1.807) is 0 Å². The van der Waals surface area contributed by atoms with Crippen LogP contribution in [0.3, 0.4) is 0 Å². The van der Waals surface area contributed by atoms with Crippen LogP contribution in [0.5, 0.6) is 0 Å². The summed E-state index contributed by atoms with van der Waals surface area (Å²) in [5.41, 5.74) is 1.18. The largest absolute Gasteiger partial charge is 0.365 e. The Morgan fingerprint density at radius 2 is 1.94 bits per heavy atom. The fourth-order valence-electron chi connectivity index (χ4n) is 3.04. The van der Waals surface area contributed by atoms with Crippen LogP contribution in [0.4, 0.5) is 5.82 Å². The number of anilines is 1. The maximum absolute atomic E-state index is 4.39. The van der Waals surface area contributed by atoms with E-state index in [0.717, 1.165) is 18.9 Å². The quantitative estimate of drug-likeness (QED) is 0.859. The van der Waals surface area contributed by atoms with E-state index in [9.17, 15) is 0 Å². The van der Waals surface area contributed by atoms with Gasteiger partial charge in [0.05, 0.1) is 5.69 Å². The van der Waals surface area contributed by atoms with Gasteiger partial charge < -0.3 is 10.6 Å². The van der Waals surface area contributed by atoms with Gasteiger partial charge in [0.25, 0.3) is 0 Å². The lowest BCUT2D eigenvalue weighted by Gasteiger charge is -2.24. The molecular weight excluding hydrogens is 224 g/mol. The zero-order valence-electron chi connectivity index (χ0n) is 10.9. The van der Waals surface area contributed by atoms with Crippen molar-refractivity contribution in [3.05, 3.63) is 17.8 Å². The minimum atomic E-state index is 0.505. The summed E-state index contributed by atoms with van der Waals surface area (Å²) in [6.07, 6.45) is 7.73. The molecule has 2 N–H and O–H groups in total. The maximum atomic E-state index is 4.39. The highest BCUT2D eigenvalue weighted by Crippen LogP contribution is 2.32. The third kappa shape index (κ3) is 2.80. The number of nitrogens with one attached hydrogen (secondary N) is 2. The second kappa shape index (κ2) is 5.65. The summed E-state index contributed by atoms with van der Waals surface area (Å²) in [5, 5.41) is 15.6. The Hall–Kier alpha value is -1.16. The highest BCUT2D eigenvalue weighted by Gasteiger charge is 2.19. The van der Waals surface area contributed by atoms with Gasteiger partial charge in [-0.25, -0.2) is 0 Å². The minimum Gasteiger partial charge on any atom is -0.365 e. The van der Waals surface area contributed by atoms with Crippen LogP contribution in [0, 0.1) is 0 Å². The molecule has 3 rings (SSSR count). The van der Waals surface area contributed by atoms with Gasteiger partial charge in [-0.1, -0.05) is 12.8 Å². The molecule has 18 heavy (non-hydrogen) atoms. The Morgan fingerprint density at radius 1 is 1.06 bits per heavy atom. The number of hydrogen-bond donors (Lipinski definition) is 2. The SMILES string of the molecule is c1cc(C2CCCC2)nnc1NC1CCCNC1. The highest BCUT2D eigenvalue weighted by atomic mass is 15.2. The number of rotatable bonds is 3. The summed E-state index contributed by atoms with van der Waals surface area (Å²) >= 11 is 0. The van der Waals surface area contributed by atoms with Crippen molar-refractivity contribution in [1.82, 2.24) is 15.5 Å². The topological polar surface area (TPSA) is 49.8 Å². The molecule has 1 aromatic heterocycles. The Balaban J connectivity index is 1.59. The average Bonchev–Trinajstić information content (AvgIpc) is 2.95. The molecule has 1 aliphatic heterocycles. The molecule has 1 unspecified atom stereocenters. The molecule has 1 atom stereocenters. The molecule has 1 aromatic rings. The summed E-state index contributed by atoms with van der Waals surface area (Å²) in [6.45, 7) is 2.18. The van der Waals surface area contributed by atoms with E-state index in [2.05, 4.69) is 33.0 Å². The fourth-order valence-corrected chi connectivity index (χ4v) is 3.04. The number of nitrogens with zero attached hydrogens (tertiary/aromatic N) is 2. The molecule has 1 aliphatic carbocycles. The molecule has 0 spiro atoms. The second-order valence-electron chi connectivity index (χ2n) is 5.51. The summed E-state index contributed by atoms with van der Waals surface area (Å²) in [4.78, 5) is 0. The maximum Gasteiger partial charge on any atom is 0.148 e. The van der Waals surface area contributed by atoms with E-state index in [4.69, 9.17) is 0 Å². The summed E-state index contributed by atoms with van der Waals surface area (Å²) < 4.78 is 0. The first-order valence-corrected chi connectivity index (χ1v) is 7.23. The Kier molecular flexibility index (Phi) is 3.74. The van der Waals surface area contributed by atoms with Crippen LogP contribution in [0.2, 0.25) is 0 Å². The van der Waals surface area contributed by atoms with Gasteiger partial charge in [-0.15, -0.1) is 5.10 Å². The predicted molar refractivity (Wildman–Crippen MR) is 72.8 cm³/mol. The van der Waals surface area contributed by atoms with Gasteiger partial charge in [-0.05, 0) is 44.4 Å². The van der Waals surface area contributed by atoms with Crippen LogP contribution < -0.4 is 10.6 Å². The van der Waals surface area contributed by atoms with Crippen molar-refractivity contribution in [2.75, 3.05) is 18.4 Å². The van der Waals surface area contributed by atoms with Crippen LogP contribution >= 0.6 is 0 Å². The van der Waals surface area contributed by atoms with Crippen LogP contribution in [0.25, 0.3) is 0 Å². The van der Waals surface area contributed by atoms with Crippen molar-refractivity contribution in [3.8, 4) is 0 Å². The summed E-state index contributed by atoms with van der Waals surface area (Å²) in [7, 11) is 0. The van der Waals surface area contributed by atoms with Crippen LogP contribution in [0.1, 0.15) is 50.1 Å². The first-order chi connectivity index (χ1) is 8.92. The van der Waals surface area contributed by atoms with Crippen molar-refractivity contribution in [2.45, 2.75) is 50.5 Å². The molecule has 4 heteroatoms. The molecule has 0 aromatic carbocycles. The Bertz CT molecular complexity index is 364. The van der Waals surface area contributed by atoms with Gasteiger partial charge in [0.1, 0.15) is 5.82 Å². The zero-order chi connectivity index (χ0) is 12.2. The lowest BCUT2D eigenvalue weighted by molar-refractivity contribution is 0.478. The molecule has 0 amide bonds. The highest BCUT2D eigenvalue weighted by molar-refractivity contribution is 5.35. The van der Waals surface area contributed by atoms with E-state index >= 15 is 0 Å². The predicted octanol–water partition coefficient (Wildman–Crippen LogP) is 2.30. The van der Waals surface area contributed by atoms with Crippen molar-refractivity contribution in [3.63, 3.8) is 0 Å². The van der Waals surface area contributed by atoms with E-state index in [1.807, 2.05) is 0 Å². The average molecular weight is 246 g/mol. The molecule has 1 saturated carbocycles. The van der Waals surface area contributed by atoms with Crippen molar-refractivity contribution in [2.24, 2.45) is 0 Å². The Morgan fingerprint density at radius 3 is 2.61 bits per heavy atom. The molecule has 0 radical (unpaired) electrons. The third-order valence-electron chi connectivity index (χ3n) is 4.11. The lowest BCUT2D eigenvalue weighted by Crippen LogP contribution is -2.38. The smallest absolute Gasteiger partial charge is 0.148 e. The van der Waals surface area contributed by atoms with Gasteiger partial charge in [-0.2, -0.15) is 5.10 Å². The Labute approximate surface area is 109 Å². The molecule has 2 heterocycles. The standard InChI is InChI=1S/C14H22N4/c1-2-5-11(4-1)13-7-8-14(18-17-13)16-12-6-3-9-15-10-12/h7-8,11-12,15H,1-6,9-10H2,(H,16,18). The molecular formula is C14H22N4. The minimum absolute atomic E-state index is 0.505. The van der Waals surface area contributed by atoms with Crippen LogP contribution in [-0.2, 0) is 0 Å². The number of piperidine rings is 1. The molecule has 2 aliphatic rings. The van der Waals surface area contributed by atoms with E-state index in [-0.39, 0.29) is 0 Å². The van der Waals surface area contributed by atoms with Crippen molar-refractivity contribution < 1.29 is 0 Å². The number of aromatic nitrogens is 2. The van der Waals surface area contributed by atoms with Gasteiger partial charge in [0.15, 0.2) is 0 Å². The fraction of sp³-hybridized carbons (Fsp3) is 0.714. The van der Waals surface area contributed by atoms with E-state index < -0.39 is 0 Å². The lowest BCUT2D eigenvalue weighted by atomic mass is 10.0. The van der Waals surface area contributed by atoms with Gasteiger partial charge in [0.2, 0.25) is 0 Å². The first-order valence-electron chi connectivity index (χ1n) is 7.23. The first kappa shape index (κ1) is 11.9. The van der Waals surface area contributed by atoms with Gasteiger partial charge in [-0.3, -0.25) is 0 Å². The van der Waals surface area contributed by atoms with Gasteiger partial charge in [0, 0.05) is 18.5 Å². The van der Waals surface area contributed by atoms with E-state index in [1.165, 1.54) is 44.2 Å². The normalized spacial score (nSPS) is 25.2. The summed E-state index contributed by atoms with van der Waals surface area (Å²) in [5.74, 6) is 1.58. The molecule has 1 saturated heterocycles. The molecule has 98 valence electrons. The molecule has 4 nitrogen and oxygen atoms in total. The van der Waals surface area contributed by atoms with Crippen molar-refractivity contribution in [1.29, 1.82) is 0 Å². The van der Waals surface area contributed by atoms with Gasteiger partial charge >= 0.3 is 0 Å². The molecule has 2 fully saturated rings. The third-order valence-corrected chi connectivity index (χ3v) is 4.11. The monoisotopic (exact) mass is 246 g/mol. The van der Waals surface area contributed by atoms with Crippen LogP contribution in [0.15, 0.2) is 12.1 Å².